The van der Waals surface area contributed by atoms with Crippen LogP contribution in [0.5, 0.6) is 0 Å². The Hall–Kier alpha value is -2.78. The Balaban J connectivity index is 2.67. The highest BCUT2D eigenvalue weighted by Gasteiger charge is 2.47. The van der Waals surface area contributed by atoms with Gasteiger partial charge in [-0.15, -0.1) is 0 Å². The summed E-state index contributed by atoms with van der Waals surface area (Å²) in [5.41, 5.74) is -0.254. The van der Waals surface area contributed by atoms with E-state index in [1.54, 1.807) is 30.3 Å². The fourth-order valence-electron chi connectivity index (χ4n) is 2.02. The van der Waals surface area contributed by atoms with Gasteiger partial charge in [-0.3, -0.25) is 9.59 Å². The predicted molar refractivity (Wildman–Crippen MR) is 95.1 cm³/mol. The molecule has 0 aromatic heterocycles. The number of nitrogens with one attached hydrogen (secondary N) is 3. The Kier molecular flexibility index (Phi) is 7.83. The quantitative estimate of drug-likeness (QED) is 0.679. The number of carbonyl (C=O) groups excluding carboxylic acids is 3. The largest absolute Gasteiger partial charge is 0.444 e. The highest BCUT2D eigenvalue weighted by Crippen LogP contribution is 2.21. The monoisotopic (exact) mass is 403 g/mol. The number of hydrogen-bond donors (Lipinski definition) is 3. The Morgan fingerprint density at radius 1 is 1.00 bits per heavy atom. The Morgan fingerprint density at radius 3 is 2.07 bits per heavy atom. The zero-order chi connectivity index (χ0) is 21.5. The molecule has 28 heavy (non-hydrogen) atoms. The number of amides is 3. The van der Waals surface area contributed by atoms with Crippen molar-refractivity contribution in [1.82, 2.24) is 16.0 Å². The number of alkyl carbamates (subject to hydrolysis) is 1. The van der Waals surface area contributed by atoms with Crippen molar-refractivity contribution in [3.05, 3.63) is 35.9 Å². The molecule has 1 aromatic carbocycles. The zero-order valence-corrected chi connectivity index (χ0v) is 16.0. The van der Waals surface area contributed by atoms with Crippen molar-refractivity contribution in [2.24, 2.45) is 0 Å². The summed E-state index contributed by atoms with van der Waals surface area (Å²) < 4.78 is 44.2. The maximum absolute atomic E-state index is 13.2. The van der Waals surface area contributed by atoms with Crippen molar-refractivity contribution in [3.63, 3.8) is 0 Å². The highest BCUT2D eigenvalue weighted by molar-refractivity contribution is 5.91. The van der Waals surface area contributed by atoms with Crippen LogP contribution in [0.25, 0.3) is 0 Å². The van der Waals surface area contributed by atoms with E-state index in [9.17, 15) is 27.6 Å². The zero-order valence-electron chi connectivity index (χ0n) is 16.0. The van der Waals surface area contributed by atoms with E-state index in [1.807, 2.05) is 5.32 Å². The van der Waals surface area contributed by atoms with Gasteiger partial charge in [-0.25, -0.2) is 4.79 Å². The van der Waals surface area contributed by atoms with Gasteiger partial charge in [0.25, 0.3) is 5.91 Å². The third-order valence-corrected chi connectivity index (χ3v) is 3.31. The summed E-state index contributed by atoms with van der Waals surface area (Å²) in [7, 11) is 0. The van der Waals surface area contributed by atoms with E-state index in [-0.39, 0.29) is 6.54 Å². The third kappa shape index (κ3) is 8.28. The number of alkyl halides is 3. The Bertz CT molecular complexity index is 688. The van der Waals surface area contributed by atoms with Crippen molar-refractivity contribution < 1.29 is 32.3 Å². The summed E-state index contributed by atoms with van der Waals surface area (Å²) >= 11 is 0. The van der Waals surface area contributed by atoms with Gasteiger partial charge in [-0.05, 0) is 33.3 Å². The van der Waals surface area contributed by atoms with E-state index in [2.05, 4.69) is 5.32 Å². The van der Waals surface area contributed by atoms with Crippen LogP contribution < -0.4 is 16.0 Å². The van der Waals surface area contributed by atoms with Crippen LogP contribution in [0.1, 0.15) is 33.3 Å². The molecule has 10 heteroatoms. The molecule has 0 aliphatic heterocycles. The molecule has 0 fully saturated rings. The molecule has 0 saturated carbocycles. The number of hydrogen-bond acceptors (Lipinski definition) is 4. The van der Waals surface area contributed by atoms with Gasteiger partial charge in [0.15, 0.2) is 0 Å². The van der Waals surface area contributed by atoms with E-state index in [0.29, 0.717) is 0 Å². The molecule has 0 aliphatic carbocycles. The number of ether oxygens (including phenoxy) is 1. The molecular formula is C18H24F3N3O4. The first-order valence-electron chi connectivity index (χ1n) is 8.48. The molecular weight excluding hydrogens is 379 g/mol. The van der Waals surface area contributed by atoms with Crippen molar-refractivity contribution in [3.8, 4) is 0 Å². The average molecular weight is 403 g/mol. The van der Waals surface area contributed by atoms with Crippen molar-refractivity contribution >= 4 is 17.9 Å². The highest BCUT2D eigenvalue weighted by atomic mass is 19.4. The smallest absolute Gasteiger partial charge is 0.417 e. The van der Waals surface area contributed by atoms with E-state index >= 15 is 0 Å². The van der Waals surface area contributed by atoms with Crippen molar-refractivity contribution in [1.29, 1.82) is 0 Å². The predicted octanol–water partition coefficient (Wildman–Crippen LogP) is 2.26. The standard InChI is InChI=1S/C18H24F3N3O4/c1-11(14(25)22-10-12-8-6-5-7-9-12)23-15(26)13(18(19,20)21)24-16(27)28-17(2,3)4/h5-9,11,13H,10H2,1-4H3,(H,22,25)(H,23,26)(H,24,27)/t11-,13?/m0/s1. The lowest BCUT2D eigenvalue weighted by atomic mass is 10.2. The molecule has 1 unspecified atom stereocenters. The third-order valence-electron chi connectivity index (χ3n) is 3.31. The fourth-order valence-corrected chi connectivity index (χ4v) is 2.02. The van der Waals surface area contributed by atoms with E-state index < -0.39 is 41.8 Å². The van der Waals surface area contributed by atoms with Gasteiger partial charge in [0.05, 0.1) is 0 Å². The van der Waals surface area contributed by atoms with Gasteiger partial charge >= 0.3 is 12.3 Å². The minimum absolute atomic E-state index is 0.152. The molecule has 1 rings (SSSR count). The molecule has 0 radical (unpaired) electrons. The number of carbonyl (C=O) groups is 3. The first kappa shape index (κ1) is 23.3. The number of benzene rings is 1. The van der Waals surface area contributed by atoms with Gasteiger partial charge in [0.1, 0.15) is 11.6 Å². The van der Waals surface area contributed by atoms with Gasteiger partial charge in [-0.1, -0.05) is 30.3 Å². The molecule has 0 saturated heterocycles. The molecule has 1 aromatic rings. The van der Waals surface area contributed by atoms with Crippen LogP contribution in [0.15, 0.2) is 30.3 Å². The van der Waals surface area contributed by atoms with E-state index in [4.69, 9.17) is 4.74 Å². The topological polar surface area (TPSA) is 96.5 Å². The van der Waals surface area contributed by atoms with Crippen LogP contribution in [-0.2, 0) is 20.9 Å². The van der Waals surface area contributed by atoms with Crippen LogP contribution in [0.4, 0.5) is 18.0 Å². The maximum Gasteiger partial charge on any atom is 0.417 e. The molecule has 7 nitrogen and oxygen atoms in total. The summed E-state index contributed by atoms with van der Waals surface area (Å²) in [6.45, 7) is 5.79. The molecule has 0 aliphatic rings. The summed E-state index contributed by atoms with van der Waals surface area (Å²) in [4.78, 5) is 35.6. The minimum atomic E-state index is -5.07. The lowest BCUT2D eigenvalue weighted by Crippen LogP contribution is -2.58. The molecule has 2 atom stereocenters. The lowest BCUT2D eigenvalue weighted by molar-refractivity contribution is -0.168. The average Bonchev–Trinajstić information content (AvgIpc) is 2.55. The van der Waals surface area contributed by atoms with Crippen LogP contribution in [0, 0.1) is 0 Å². The molecule has 0 heterocycles. The normalized spacial score (nSPS) is 13.8. The summed E-state index contributed by atoms with van der Waals surface area (Å²) in [6.07, 6.45) is -6.47. The summed E-state index contributed by atoms with van der Waals surface area (Å²) in [5.74, 6) is -2.24. The van der Waals surface area contributed by atoms with Crippen molar-refractivity contribution in [2.75, 3.05) is 0 Å². The molecule has 3 amide bonds. The lowest BCUT2D eigenvalue weighted by Gasteiger charge is -2.25. The Labute approximate surface area is 161 Å². The van der Waals surface area contributed by atoms with Crippen molar-refractivity contribution in [2.45, 2.75) is 58.1 Å². The van der Waals surface area contributed by atoms with E-state index in [1.165, 1.54) is 33.0 Å². The minimum Gasteiger partial charge on any atom is -0.444 e. The summed E-state index contributed by atoms with van der Waals surface area (Å²) in [6, 6.07) is 4.74. The second-order valence-corrected chi connectivity index (χ2v) is 7.05. The number of halogens is 3. The van der Waals surface area contributed by atoms with Gasteiger partial charge < -0.3 is 20.7 Å². The van der Waals surface area contributed by atoms with Gasteiger partial charge in [0.2, 0.25) is 11.9 Å². The van der Waals surface area contributed by atoms with Gasteiger partial charge in [0, 0.05) is 6.54 Å². The SMILES string of the molecule is C[C@H](NC(=O)C(NC(=O)OC(C)(C)C)C(F)(F)F)C(=O)NCc1ccccc1. The second-order valence-electron chi connectivity index (χ2n) is 7.05. The maximum atomic E-state index is 13.2. The van der Waals surface area contributed by atoms with Crippen LogP contribution in [-0.4, -0.2) is 41.8 Å². The second kappa shape index (κ2) is 9.43. The van der Waals surface area contributed by atoms with Gasteiger partial charge in [-0.2, -0.15) is 13.2 Å². The molecule has 156 valence electrons. The van der Waals surface area contributed by atoms with Crippen LogP contribution in [0.2, 0.25) is 0 Å². The first-order chi connectivity index (χ1) is 12.8. The van der Waals surface area contributed by atoms with E-state index in [0.717, 1.165) is 5.56 Å². The molecule has 0 bridgehead atoms. The summed E-state index contributed by atoms with van der Waals surface area (Å²) in [5, 5.41) is 5.94. The first-order valence-corrected chi connectivity index (χ1v) is 8.48. The molecule has 0 spiro atoms. The van der Waals surface area contributed by atoms with Crippen LogP contribution in [0.3, 0.4) is 0 Å². The van der Waals surface area contributed by atoms with Crippen LogP contribution >= 0.6 is 0 Å². The molecule has 3 N–H and O–H groups in total. The fraction of sp³-hybridized carbons (Fsp3) is 0.500. The number of rotatable bonds is 6. The Morgan fingerprint density at radius 2 is 1.57 bits per heavy atom.